The molecule has 0 saturated carbocycles. The van der Waals surface area contributed by atoms with Gasteiger partial charge in [-0.15, -0.1) is 12.4 Å². The zero-order chi connectivity index (χ0) is 14.3. The number of rotatable bonds is 2. The molecule has 0 aromatic heterocycles. The molecule has 0 amide bonds. The van der Waals surface area contributed by atoms with Gasteiger partial charge in [-0.2, -0.15) is 4.31 Å². The second-order valence-electron chi connectivity index (χ2n) is 5.88. The van der Waals surface area contributed by atoms with E-state index in [4.69, 9.17) is 0 Å². The molecule has 1 aromatic carbocycles. The molecule has 1 fully saturated rings. The fraction of sp³-hybridized carbons (Fsp3) is 0.600. The van der Waals surface area contributed by atoms with E-state index in [0.29, 0.717) is 11.4 Å². The second kappa shape index (κ2) is 6.24. The van der Waals surface area contributed by atoms with Crippen molar-refractivity contribution in [3.8, 4) is 0 Å². The van der Waals surface area contributed by atoms with Crippen LogP contribution < -0.4 is 5.32 Å². The molecule has 4 nitrogen and oxygen atoms in total. The molecule has 0 spiro atoms. The Labute approximate surface area is 133 Å². The molecule has 0 radical (unpaired) electrons. The Morgan fingerprint density at radius 3 is 2.67 bits per heavy atom. The largest absolute Gasteiger partial charge is 0.311 e. The van der Waals surface area contributed by atoms with Crippen molar-refractivity contribution in [2.75, 3.05) is 13.1 Å². The van der Waals surface area contributed by atoms with Crippen LogP contribution in [0.3, 0.4) is 0 Å². The van der Waals surface area contributed by atoms with Crippen LogP contribution in [0.15, 0.2) is 23.1 Å². The van der Waals surface area contributed by atoms with Crippen molar-refractivity contribution in [2.45, 2.75) is 50.1 Å². The topological polar surface area (TPSA) is 49.4 Å². The fourth-order valence-electron chi connectivity index (χ4n) is 3.21. The van der Waals surface area contributed by atoms with Crippen LogP contribution in [-0.4, -0.2) is 37.9 Å². The van der Waals surface area contributed by atoms with E-state index in [1.54, 1.807) is 10.4 Å². The highest BCUT2D eigenvalue weighted by Crippen LogP contribution is 2.27. The molecule has 1 aliphatic heterocycles. The second-order valence-corrected chi connectivity index (χ2v) is 7.77. The Morgan fingerprint density at radius 1 is 1.19 bits per heavy atom. The number of piperazine rings is 1. The number of sulfonamides is 1. The number of benzene rings is 1. The molecule has 1 saturated heterocycles. The predicted molar refractivity (Wildman–Crippen MR) is 86.5 cm³/mol. The lowest BCUT2D eigenvalue weighted by molar-refractivity contribution is 0.233. The fourth-order valence-corrected chi connectivity index (χ4v) is 4.96. The van der Waals surface area contributed by atoms with Crippen LogP contribution in [-0.2, 0) is 22.9 Å². The normalized spacial score (nSPS) is 26.2. The summed E-state index contributed by atoms with van der Waals surface area (Å²) in [6.07, 6.45) is 3.23. The number of nitrogens with zero attached hydrogens (tertiary/aromatic N) is 1. The first-order valence-electron chi connectivity index (χ1n) is 7.37. The third kappa shape index (κ3) is 2.97. The summed E-state index contributed by atoms with van der Waals surface area (Å²) in [5, 5.41) is 3.32. The minimum absolute atomic E-state index is 0. The maximum absolute atomic E-state index is 12.8. The number of hydrogen-bond acceptors (Lipinski definition) is 3. The van der Waals surface area contributed by atoms with Crippen LogP contribution in [0.4, 0.5) is 0 Å². The third-order valence-corrected chi connectivity index (χ3v) is 6.64. The summed E-state index contributed by atoms with van der Waals surface area (Å²) in [7, 11) is -3.37. The molecule has 1 aromatic rings. The van der Waals surface area contributed by atoms with Crippen LogP contribution in [0.25, 0.3) is 0 Å². The molecular weight excluding hydrogens is 308 g/mol. The van der Waals surface area contributed by atoms with E-state index < -0.39 is 10.0 Å². The zero-order valence-corrected chi connectivity index (χ0v) is 14.1. The highest BCUT2D eigenvalue weighted by molar-refractivity contribution is 7.89. The standard InChI is InChI=1S/C15H22N2O2S.ClH/c1-11-12(2)17(9-8-16-11)20(18,19)15-7-6-13-4-3-5-14(13)10-15;/h6-7,10-12,16H,3-5,8-9H2,1-2H3;1H. The lowest BCUT2D eigenvalue weighted by atomic mass is 10.1. The summed E-state index contributed by atoms with van der Waals surface area (Å²) in [6, 6.07) is 5.83. The molecule has 2 unspecified atom stereocenters. The lowest BCUT2D eigenvalue weighted by Gasteiger charge is -2.37. The van der Waals surface area contributed by atoms with Crippen LogP contribution >= 0.6 is 12.4 Å². The molecule has 1 aliphatic carbocycles. The van der Waals surface area contributed by atoms with E-state index in [1.165, 1.54) is 11.1 Å². The van der Waals surface area contributed by atoms with Gasteiger partial charge >= 0.3 is 0 Å². The summed E-state index contributed by atoms with van der Waals surface area (Å²) in [5.74, 6) is 0. The van der Waals surface area contributed by atoms with E-state index in [9.17, 15) is 8.42 Å². The van der Waals surface area contributed by atoms with Crippen molar-refractivity contribution >= 4 is 22.4 Å². The van der Waals surface area contributed by atoms with Gasteiger partial charge in [-0.25, -0.2) is 8.42 Å². The van der Waals surface area contributed by atoms with E-state index in [1.807, 2.05) is 26.0 Å². The van der Waals surface area contributed by atoms with Crippen molar-refractivity contribution < 1.29 is 8.42 Å². The van der Waals surface area contributed by atoms with Crippen molar-refractivity contribution in [3.05, 3.63) is 29.3 Å². The third-order valence-electron chi connectivity index (χ3n) is 4.65. The van der Waals surface area contributed by atoms with Gasteiger partial charge in [0, 0.05) is 25.2 Å². The van der Waals surface area contributed by atoms with Crippen molar-refractivity contribution in [3.63, 3.8) is 0 Å². The molecule has 21 heavy (non-hydrogen) atoms. The zero-order valence-electron chi connectivity index (χ0n) is 12.5. The van der Waals surface area contributed by atoms with Gasteiger partial charge in [0.15, 0.2) is 0 Å². The number of fused-ring (bicyclic) bond motifs is 1. The number of aryl methyl sites for hydroxylation is 2. The molecule has 1 heterocycles. The van der Waals surface area contributed by atoms with E-state index in [0.717, 1.165) is 25.8 Å². The first kappa shape index (κ1) is 16.7. The summed E-state index contributed by atoms with van der Waals surface area (Å²) in [4.78, 5) is 0.458. The predicted octanol–water partition coefficient (Wildman–Crippen LogP) is 1.97. The molecule has 2 aliphatic rings. The van der Waals surface area contributed by atoms with Gasteiger partial charge < -0.3 is 5.32 Å². The van der Waals surface area contributed by atoms with Crippen LogP contribution in [0.5, 0.6) is 0 Å². The Morgan fingerprint density at radius 2 is 1.90 bits per heavy atom. The molecule has 1 N–H and O–H groups in total. The van der Waals surface area contributed by atoms with Crippen LogP contribution in [0.1, 0.15) is 31.4 Å². The van der Waals surface area contributed by atoms with Gasteiger partial charge in [-0.1, -0.05) is 6.07 Å². The van der Waals surface area contributed by atoms with Gasteiger partial charge in [0.05, 0.1) is 4.90 Å². The lowest BCUT2D eigenvalue weighted by Crippen LogP contribution is -2.57. The Balaban J connectivity index is 0.00000161. The highest BCUT2D eigenvalue weighted by atomic mass is 35.5. The van der Waals surface area contributed by atoms with E-state index in [2.05, 4.69) is 5.32 Å². The Bertz CT molecular complexity index is 618. The average Bonchev–Trinajstić information content (AvgIpc) is 2.89. The maximum atomic E-state index is 12.8. The minimum atomic E-state index is -3.37. The summed E-state index contributed by atoms with van der Waals surface area (Å²) in [5.41, 5.74) is 2.52. The smallest absolute Gasteiger partial charge is 0.243 e. The number of hydrogen-bond donors (Lipinski definition) is 1. The molecule has 0 bridgehead atoms. The molecule has 118 valence electrons. The molecule has 6 heteroatoms. The van der Waals surface area contributed by atoms with Gasteiger partial charge in [-0.05, 0) is 56.4 Å². The van der Waals surface area contributed by atoms with Crippen LogP contribution in [0.2, 0.25) is 0 Å². The van der Waals surface area contributed by atoms with E-state index in [-0.39, 0.29) is 24.5 Å². The van der Waals surface area contributed by atoms with Crippen LogP contribution in [0, 0.1) is 0 Å². The minimum Gasteiger partial charge on any atom is -0.311 e. The molecule has 3 rings (SSSR count). The first-order valence-corrected chi connectivity index (χ1v) is 8.81. The summed E-state index contributed by atoms with van der Waals surface area (Å²) < 4.78 is 27.3. The number of halogens is 1. The SMILES string of the molecule is CC1NCCN(S(=O)(=O)c2ccc3c(c2)CCC3)C1C.Cl. The van der Waals surface area contributed by atoms with Gasteiger partial charge in [0.1, 0.15) is 0 Å². The Kier molecular flexibility index (Phi) is 4.98. The van der Waals surface area contributed by atoms with Crippen molar-refractivity contribution in [1.29, 1.82) is 0 Å². The monoisotopic (exact) mass is 330 g/mol. The van der Waals surface area contributed by atoms with Crippen molar-refractivity contribution in [1.82, 2.24) is 9.62 Å². The summed E-state index contributed by atoms with van der Waals surface area (Å²) in [6.45, 7) is 5.28. The van der Waals surface area contributed by atoms with Gasteiger partial charge in [0.2, 0.25) is 10.0 Å². The maximum Gasteiger partial charge on any atom is 0.243 e. The Hall–Kier alpha value is -0.620. The number of nitrogens with one attached hydrogen (secondary N) is 1. The molecule has 2 atom stereocenters. The van der Waals surface area contributed by atoms with Crippen molar-refractivity contribution in [2.24, 2.45) is 0 Å². The van der Waals surface area contributed by atoms with E-state index >= 15 is 0 Å². The quantitative estimate of drug-likeness (QED) is 0.902. The average molecular weight is 331 g/mol. The van der Waals surface area contributed by atoms with Gasteiger partial charge in [0.25, 0.3) is 0 Å². The summed E-state index contributed by atoms with van der Waals surface area (Å²) >= 11 is 0. The van der Waals surface area contributed by atoms with Gasteiger partial charge in [-0.3, -0.25) is 0 Å². The first-order chi connectivity index (χ1) is 9.50. The highest BCUT2D eigenvalue weighted by Gasteiger charge is 2.34. The molecular formula is C15H23ClN2O2S.